The van der Waals surface area contributed by atoms with Gasteiger partial charge in [-0.2, -0.15) is 0 Å². The van der Waals surface area contributed by atoms with Crippen molar-refractivity contribution >= 4 is 41.1 Å². The summed E-state index contributed by atoms with van der Waals surface area (Å²) in [5.74, 6) is -1.47. The van der Waals surface area contributed by atoms with Gasteiger partial charge in [0.1, 0.15) is 18.4 Å². The fraction of sp³-hybridized carbons (Fsp3) is 0.273. The van der Waals surface area contributed by atoms with Crippen molar-refractivity contribution in [2.45, 2.75) is 39.0 Å². The van der Waals surface area contributed by atoms with Gasteiger partial charge in [-0.05, 0) is 37.1 Å². The number of carbonyl (C=O) groups is 4. The van der Waals surface area contributed by atoms with Gasteiger partial charge in [0.25, 0.3) is 5.91 Å². The van der Waals surface area contributed by atoms with E-state index in [4.69, 9.17) is 16.3 Å². The Morgan fingerprint density at radius 2 is 2.06 bits per heavy atom. The molecule has 2 aliphatic heterocycles. The lowest BCUT2D eigenvalue weighted by molar-refractivity contribution is -0.136. The number of aryl methyl sites for hydroxylation is 1. The molecule has 2 aliphatic rings. The van der Waals surface area contributed by atoms with Crippen LogP contribution in [0.5, 0.6) is 5.75 Å². The fourth-order valence-electron chi connectivity index (χ4n) is 3.76. The number of phenolic OH excluding ortho intramolecular Hbond substituents is 1. The Kier molecular flexibility index (Phi) is 5.75. The minimum absolute atomic E-state index is 0.0220. The Morgan fingerprint density at radius 1 is 1.28 bits per heavy atom. The lowest BCUT2D eigenvalue weighted by atomic mass is 10.0. The number of fused-ring (bicyclic) bond motifs is 1. The van der Waals surface area contributed by atoms with Crippen LogP contribution >= 0.6 is 11.6 Å². The van der Waals surface area contributed by atoms with Crippen molar-refractivity contribution in [3.8, 4) is 5.75 Å². The van der Waals surface area contributed by atoms with Crippen LogP contribution < -0.4 is 10.6 Å². The number of nitrogens with one attached hydrogen (secondary N) is 2. The first-order chi connectivity index (χ1) is 15.2. The molecule has 4 amide bonds. The first-order valence-electron chi connectivity index (χ1n) is 9.93. The van der Waals surface area contributed by atoms with Crippen LogP contribution in [0.4, 0.5) is 10.5 Å². The quantitative estimate of drug-likeness (QED) is 0.606. The second-order valence-corrected chi connectivity index (χ2v) is 8.07. The van der Waals surface area contributed by atoms with Gasteiger partial charge < -0.3 is 14.7 Å². The van der Waals surface area contributed by atoms with E-state index in [0.29, 0.717) is 21.8 Å². The summed E-state index contributed by atoms with van der Waals surface area (Å²) in [5.41, 5.74) is 2.28. The molecule has 1 atom stereocenters. The van der Waals surface area contributed by atoms with Crippen LogP contribution in [0.15, 0.2) is 30.3 Å². The summed E-state index contributed by atoms with van der Waals surface area (Å²) in [4.78, 5) is 49.7. The highest BCUT2D eigenvalue weighted by molar-refractivity contribution is 6.31. The van der Waals surface area contributed by atoms with Crippen LogP contribution in [0.2, 0.25) is 5.02 Å². The third kappa shape index (κ3) is 4.11. The molecular formula is C22H20ClN3O6. The van der Waals surface area contributed by atoms with Gasteiger partial charge in [-0.1, -0.05) is 23.7 Å². The van der Waals surface area contributed by atoms with Crippen molar-refractivity contribution in [1.29, 1.82) is 0 Å². The van der Waals surface area contributed by atoms with E-state index in [1.165, 1.54) is 17.0 Å². The van der Waals surface area contributed by atoms with E-state index in [9.17, 15) is 24.3 Å². The molecule has 1 saturated heterocycles. The number of halogens is 1. The van der Waals surface area contributed by atoms with Gasteiger partial charge in [0.05, 0.1) is 6.54 Å². The number of nitrogens with zero attached hydrogens (tertiary/aromatic N) is 1. The number of benzene rings is 2. The summed E-state index contributed by atoms with van der Waals surface area (Å²) in [7, 11) is 0. The lowest BCUT2D eigenvalue weighted by Gasteiger charge is -2.29. The van der Waals surface area contributed by atoms with Crippen molar-refractivity contribution in [2.75, 3.05) is 5.32 Å². The topological polar surface area (TPSA) is 125 Å². The molecule has 0 bridgehead atoms. The van der Waals surface area contributed by atoms with Crippen molar-refractivity contribution in [3.05, 3.63) is 57.6 Å². The van der Waals surface area contributed by atoms with Gasteiger partial charge in [0.15, 0.2) is 0 Å². The molecule has 2 aromatic rings. The second-order valence-electron chi connectivity index (χ2n) is 7.66. The Labute approximate surface area is 188 Å². The number of rotatable bonds is 4. The molecule has 0 spiro atoms. The molecule has 1 fully saturated rings. The van der Waals surface area contributed by atoms with Crippen LogP contribution in [-0.2, 0) is 27.5 Å². The molecular weight excluding hydrogens is 438 g/mol. The van der Waals surface area contributed by atoms with Crippen molar-refractivity contribution in [2.24, 2.45) is 0 Å². The number of hydrogen-bond acceptors (Lipinski definition) is 6. The Morgan fingerprint density at radius 3 is 2.78 bits per heavy atom. The maximum Gasteiger partial charge on any atom is 0.411 e. The summed E-state index contributed by atoms with van der Waals surface area (Å²) in [6, 6.07) is 7.29. The molecule has 9 nitrogen and oxygen atoms in total. The van der Waals surface area contributed by atoms with Gasteiger partial charge in [-0.15, -0.1) is 0 Å². The third-order valence-electron chi connectivity index (χ3n) is 5.55. The van der Waals surface area contributed by atoms with Crippen molar-refractivity contribution in [3.63, 3.8) is 0 Å². The zero-order valence-corrected chi connectivity index (χ0v) is 17.9. The molecule has 4 rings (SSSR count). The maximum atomic E-state index is 12.8. The molecule has 166 valence electrons. The number of aromatic hydroxyl groups is 1. The fourth-order valence-corrected chi connectivity index (χ4v) is 3.94. The second kappa shape index (κ2) is 8.51. The van der Waals surface area contributed by atoms with E-state index in [-0.39, 0.29) is 43.2 Å². The van der Waals surface area contributed by atoms with E-state index in [1.807, 2.05) is 6.92 Å². The molecule has 2 aromatic carbocycles. The van der Waals surface area contributed by atoms with Crippen LogP contribution in [0.3, 0.4) is 0 Å². The van der Waals surface area contributed by atoms with Gasteiger partial charge >= 0.3 is 6.09 Å². The molecule has 10 heteroatoms. The summed E-state index contributed by atoms with van der Waals surface area (Å²) in [6.45, 7) is 1.64. The highest BCUT2D eigenvalue weighted by atomic mass is 35.5. The molecule has 0 radical (unpaired) electrons. The predicted octanol–water partition coefficient (Wildman–Crippen LogP) is 2.86. The van der Waals surface area contributed by atoms with E-state index < -0.39 is 23.9 Å². The molecule has 32 heavy (non-hydrogen) atoms. The number of imide groups is 1. The van der Waals surface area contributed by atoms with Crippen molar-refractivity contribution in [1.82, 2.24) is 10.2 Å². The predicted molar refractivity (Wildman–Crippen MR) is 114 cm³/mol. The molecule has 2 heterocycles. The molecule has 1 unspecified atom stereocenters. The Balaban J connectivity index is 1.43. The van der Waals surface area contributed by atoms with Crippen molar-refractivity contribution < 1.29 is 29.0 Å². The SMILES string of the molecule is Cc1ccc(NC(=O)OCc2ccc3c(c2O)CN(C2CCC(=O)NC2=O)C3=O)cc1Cl. The normalized spacial score (nSPS) is 17.8. The lowest BCUT2D eigenvalue weighted by Crippen LogP contribution is -2.52. The van der Waals surface area contributed by atoms with Gasteiger partial charge in [0, 0.05) is 33.8 Å². The number of carbonyl (C=O) groups excluding carboxylic acids is 4. The first-order valence-corrected chi connectivity index (χ1v) is 10.3. The largest absolute Gasteiger partial charge is 0.507 e. The highest BCUT2D eigenvalue weighted by Crippen LogP contribution is 2.35. The molecule has 0 aliphatic carbocycles. The summed E-state index contributed by atoms with van der Waals surface area (Å²) >= 11 is 6.04. The molecule has 3 N–H and O–H groups in total. The summed E-state index contributed by atoms with van der Waals surface area (Å²) < 4.78 is 5.19. The first kappa shape index (κ1) is 21.6. The van der Waals surface area contributed by atoms with Crippen LogP contribution in [0.1, 0.15) is 39.9 Å². The number of anilines is 1. The zero-order chi connectivity index (χ0) is 23.0. The number of phenols is 1. The highest BCUT2D eigenvalue weighted by Gasteiger charge is 2.40. The van der Waals surface area contributed by atoms with E-state index >= 15 is 0 Å². The number of piperidine rings is 1. The standard InChI is InChI=1S/C22H20ClN3O6/c1-11-2-4-13(8-16(11)23)24-22(31)32-10-12-3-5-14-15(19(12)28)9-26(21(14)30)17-6-7-18(27)25-20(17)29/h2-5,8,17,28H,6-7,9-10H2,1H3,(H,24,31)(H,25,27,29). The smallest absolute Gasteiger partial charge is 0.411 e. The number of ether oxygens (including phenoxy) is 1. The molecule has 0 aromatic heterocycles. The maximum absolute atomic E-state index is 12.8. The van der Waals surface area contributed by atoms with Crippen LogP contribution in [0, 0.1) is 6.92 Å². The average molecular weight is 458 g/mol. The number of hydrogen-bond donors (Lipinski definition) is 3. The molecule has 0 saturated carbocycles. The average Bonchev–Trinajstić information content (AvgIpc) is 3.07. The minimum Gasteiger partial charge on any atom is -0.507 e. The van der Waals surface area contributed by atoms with Gasteiger partial charge in [0.2, 0.25) is 11.8 Å². The Bertz CT molecular complexity index is 1150. The van der Waals surface area contributed by atoms with Gasteiger partial charge in [-0.25, -0.2) is 4.79 Å². The van der Waals surface area contributed by atoms with Gasteiger partial charge in [-0.3, -0.25) is 25.0 Å². The van der Waals surface area contributed by atoms with Crippen LogP contribution in [-0.4, -0.2) is 39.9 Å². The monoisotopic (exact) mass is 457 g/mol. The zero-order valence-electron chi connectivity index (χ0n) is 17.1. The minimum atomic E-state index is -0.779. The third-order valence-corrected chi connectivity index (χ3v) is 5.96. The van der Waals surface area contributed by atoms with E-state index in [1.54, 1.807) is 18.2 Å². The van der Waals surface area contributed by atoms with Crippen LogP contribution in [0.25, 0.3) is 0 Å². The Hall–Kier alpha value is -3.59. The van der Waals surface area contributed by atoms with E-state index in [0.717, 1.165) is 5.56 Å². The number of amides is 4. The van der Waals surface area contributed by atoms with E-state index in [2.05, 4.69) is 10.6 Å². The summed E-state index contributed by atoms with van der Waals surface area (Å²) in [5, 5.41) is 16.0. The summed E-state index contributed by atoms with van der Waals surface area (Å²) in [6.07, 6.45) is -0.362.